The largest absolute Gasteiger partial charge is 0.320 e. The van der Waals surface area contributed by atoms with Gasteiger partial charge in [-0.05, 0) is 36.4 Å². The van der Waals surface area contributed by atoms with Gasteiger partial charge < -0.3 is 5.32 Å². The molecule has 1 heterocycles. The number of pyridine rings is 1. The van der Waals surface area contributed by atoms with Gasteiger partial charge in [0.1, 0.15) is 0 Å². The predicted molar refractivity (Wildman–Crippen MR) is 73.3 cm³/mol. The Labute approximate surface area is 103 Å². The fourth-order valence-electron chi connectivity index (χ4n) is 2.23. The molecule has 0 atom stereocenters. The summed E-state index contributed by atoms with van der Waals surface area (Å²) in [5.41, 5.74) is 1.49. The molecule has 0 bridgehead atoms. The maximum atomic E-state index is 4.37. The first kappa shape index (κ1) is 12.1. The highest BCUT2D eigenvalue weighted by molar-refractivity contribution is 5.85. The second kappa shape index (κ2) is 4.84. The lowest BCUT2D eigenvalue weighted by Crippen LogP contribution is -2.23. The highest BCUT2D eigenvalue weighted by Crippen LogP contribution is 2.31. The van der Waals surface area contributed by atoms with Crippen molar-refractivity contribution in [1.29, 1.82) is 0 Å². The lowest BCUT2D eigenvalue weighted by Gasteiger charge is -2.26. The number of nitrogens with zero attached hydrogens (tertiary/aromatic N) is 1. The van der Waals surface area contributed by atoms with Crippen LogP contribution in [0.3, 0.4) is 0 Å². The van der Waals surface area contributed by atoms with Crippen molar-refractivity contribution >= 4 is 10.8 Å². The van der Waals surface area contributed by atoms with E-state index >= 15 is 0 Å². The summed E-state index contributed by atoms with van der Waals surface area (Å²) in [7, 11) is 2.00. The molecule has 0 radical (unpaired) electrons. The maximum absolute atomic E-state index is 4.37. The van der Waals surface area contributed by atoms with Crippen LogP contribution in [0.4, 0.5) is 0 Å². The Bertz CT molecular complexity index is 498. The first-order chi connectivity index (χ1) is 8.15. The molecule has 2 rings (SSSR count). The molecule has 0 saturated heterocycles. The monoisotopic (exact) mass is 228 g/mol. The third-order valence-electron chi connectivity index (χ3n) is 3.40. The number of rotatable bonds is 4. The molecule has 2 aromatic rings. The minimum atomic E-state index is 0.150. The second-order valence-electron chi connectivity index (χ2n) is 5.15. The molecule has 0 unspecified atom stereocenters. The van der Waals surface area contributed by atoms with Crippen molar-refractivity contribution in [2.75, 3.05) is 13.6 Å². The molecule has 0 fully saturated rings. The molecule has 17 heavy (non-hydrogen) atoms. The van der Waals surface area contributed by atoms with Gasteiger partial charge in [-0.1, -0.05) is 38.1 Å². The fraction of sp³-hybridized carbons (Fsp3) is 0.400. The standard InChI is InChI=1S/C15H20N2/c1-15(2,8-9-16-3)14-11-17-10-12-6-4-5-7-13(12)14/h4-7,10-11,16H,8-9H2,1-3H3. The molecule has 2 heteroatoms. The maximum Gasteiger partial charge on any atom is 0.0346 e. The third-order valence-corrected chi connectivity index (χ3v) is 3.40. The van der Waals surface area contributed by atoms with Crippen molar-refractivity contribution in [1.82, 2.24) is 10.3 Å². The van der Waals surface area contributed by atoms with Crippen LogP contribution in [0.15, 0.2) is 36.7 Å². The predicted octanol–water partition coefficient (Wildman–Crippen LogP) is 3.12. The number of aromatic nitrogens is 1. The minimum Gasteiger partial charge on any atom is -0.320 e. The molecule has 0 spiro atoms. The number of nitrogens with one attached hydrogen (secondary N) is 1. The van der Waals surface area contributed by atoms with Crippen LogP contribution in [0.2, 0.25) is 0 Å². The Balaban J connectivity index is 2.47. The SMILES string of the molecule is CNCCC(C)(C)c1cncc2ccccc12. The molecular formula is C15H20N2. The summed E-state index contributed by atoms with van der Waals surface area (Å²) in [4.78, 5) is 4.37. The number of benzene rings is 1. The second-order valence-corrected chi connectivity index (χ2v) is 5.15. The van der Waals surface area contributed by atoms with E-state index in [0.29, 0.717) is 0 Å². The Hall–Kier alpha value is -1.41. The first-order valence-corrected chi connectivity index (χ1v) is 6.13. The van der Waals surface area contributed by atoms with E-state index in [1.54, 1.807) is 0 Å². The Morgan fingerprint density at radius 3 is 2.71 bits per heavy atom. The molecule has 1 aromatic heterocycles. The van der Waals surface area contributed by atoms with Crippen molar-refractivity contribution in [2.24, 2.45) is 0 Å². The molecule has 0 saturated carbocycles. The van der Waals surface area contributed by atoms with Gasteiger partial charge in [0, 0.05) is 17.8 Å². The smallest absolute Gasteiger partial charge is 0.0346 e. The van der Waals surface area contributed by atoms with Crippen LogP contribution >= 0.6 is 0 Å². The molecule has 1 N–H and O–H groups in total. The van der Waals surface area contributed by atoms with E-state index in [1.165, 1.54) is 16.3 Å². The van der Waals surface area contributed by atoms with Crippen molar-refractivity contribution in [3.8, 4) is 0 Å². The lowest BCUT2D eigenvalue weighted by molar-refractivity contribution is 0.471. The van der Waals surface area contributed by atoms with Crippen LogP contribution in [0.1, 0.15) is 25.8 Å². The third kappa shape index (κ3) is 2.47. The summed E-state index contributed by atoms with van der Waals surface area (Å²) >= 11 is 0. The molecule has 0 amide bonds. The lowest BCUT2D eigenvalue weighted by atomic mass is 9.80. The van der Waals surface area contributed by atoms with Crippen LogP contribution in [0.5, 0.6) is 0 Å². The van der Waals surface area contributed by atoms with Crippen LogP contribution in [-0.2, 0) is 5.41 Å². The van der Waals surface area contributed by atoms with Crippen molar-refractivity contribution in [3.63, 3.8) is 0 Å². The molecule has 1 aromatic carbocycles. The van der Waals surface area contributed by atoms with Gasteiger partial charge in [0.2, 0.25) is 0 Å². The number of hydrogen-bond donors (Lipinski definition) is 1. The van der Waals surface area contributed by atoms with Gasteiger partial charge in [0.15, 0.2) is 0 Å². The van der Waals surface area contributed by atoms with Gasteiger partial charge in [-0.3, -0.25) is 4.98 Å². The van der Waals surface area contributed by atoms with Crippen molar-refractivity contribution < 1.29 is 0 Å². The van der Waals surface area contributed by atoms with Crippen molar-refractivity contribution in [2.45, 2.75) is 25.7 Å². The van der Waals surface area contributed by atoms with E-state index in [-0.39, 0.29) is 5.41 Å². The summed E-state index contributed by atoms with van der Waals surface area (Å²) in [5, 5.41) is 5.77. The molecule has 90 valence electrons. The van der Waals surface area contributed by atoms with Crippen molar-refractivity contribution in [3.05, 3.63) is 42.2 Å². The Kier molecular flexibility index (Phi) is 3.43. The van der Waals surface area contributed by atoms with Crippen LogP contribution in [-0.4, -0.2) is 18.6 Å². The normalized spacial score (nSPS) is 11.9. The average Bonchev–Trinajstić information content (AvgIpc) is 2.36. The average molecular weight is 228 g/mol. The summed E-state index contributed by atoms with van der Waals surface area (Å²) in [6.07, 6.45) is 5.06. The summed E-state index contributed by atoms with van der Waals surface area (Å²) < 4.78 is 0. The minimum absolute atomic E-state index is 0.150. The van der Waals surface area contributed by atoms with Crippen LogP contribution < -0.4 is 5.32 Å². The number of hydrogen-bond acceptors (Lipinski definition) is 2. The summed E-state index contributed by atoms with van der Waals surface area (Å²) in [6.45, 7) is 5.60. The van der Waals surface area contributed by atoms with E-state index < -0.39 is 0 Å². The quantitative estimate of drug-likeness (QED) is 0.869. The molecular weight excluding hydrogens is 208 g/mol. The van der Waals surface area contributed by atoms with Gasteiger partial charge in [-0.2, -0.15) is 0 Å². The zero-order chi connectivity index (χ0) is 12.3. The highest BCUT2D eigenvalue weighted by Gasteiger charge is 2.22. The summed E-state index contributed by atoms with van der Waals surface area (Å²) in [6, 6.07) is 8.47. The zero-order valence-corrected chi connectivity index (χ0v) is 10.8. The first-order valence-electron chi connectivity index (χ1n) is 6.13. The summed E-state index contributed by atoms with van der Waals surface area (Å²) in [5.74, 6) is 0. The fourth-order valence-corrected chi connectivity index (χ4v) is 2.23. The van der Waals surface area contributed by atoms with E-state index in [0.717, 1.165) is 13.0 Å². The van der Waals surface area contributed by atoms with Gasteiger partial charge in [0.05, 0.1) is 0 Å². The van der Waals surface area contributed by atoms with Gasteiger partial charge in [0.25, 0.3) is 0 Å². The molecule has 0 aliphatic rings. The van der Waals surface area contributed by atoms with Gasteiger partial charge in [-0.25, -0.2) is 0 Å². The van der Waals surface area contributed by atoms with E-state index in [4.69, 9.17) is 0 Å². The molecule has 0 aliphatic heterocycles. The topological polar surface area (TPSA) is 24.9 Å². The molecule has 0 aliphatic carbocycles. The zero-order valence-electron chi connectivity index (χ0n) is 10.8. The van der Waals surface area contributed by atoms with E-state index in [9.17, 15) is 0 Å². The van der Waals surface area contributed by atoms with Crippen LogP contribution in [0, 0.1) is 0 Å². The molecule has 2 nitrogen and oxygen atoms in total. The van der Waals surface area contributed by atoms with Crippen LogP contribution in [0.25, 0.3) is 10.8 Å². The van der Waals surface area contributed by atoms with E-state index in [2.05, 4.69) is 48.4 Å². The highest BCUT2D eigenvalue weighted by atomic mass is 14.8. The Morgan fingerprint density at radius 1 is 1.18 bits per heavy atom. The van der Waals surface area contributed by atoms with E-state index in [1.807, 2.05) is 19.4 Å². The Morgan fingerprint density at radius 2 is 1.94 bits per heavy atom. The number of fused-ring (bicyclic) bond motifs is 1. The van der Waals surface area contributed by atoms with Gasteiger partial charge >= 0.3 is 0 Å². The van der Waals surface area contributed by atoms with Gasteiger partial charge in [-0.15, -0.1) is 0 Å².